The summed E-state index contributed by atoms with van der Waals surface area (Å²) < 4.78 is 0. The molecular formula is C13H25N3S. The molecule has 0 atom stereocenters. The molecule has 0 unspecified atom stereocenters. The van der Waals surface area contributed by atoms with Crippen LogP contribution in [0.1, 0.15) is 38.5 Å². The van der Waals surface area contributed by atoms with Crippen molar-refractivity contribution in [3.05, 3.63) is 0 Å². The largest absolute Gasteiger partial charge is 0.359 e. The van der Waals surface area contributed by atoms with Crippen molar-refractivity contribution in [3.8, 4) is 0 Å². The number of aliphatic imine (C=N–C) groups is 1. The Morgan fingerprint density at radius 2 is 2.06 bits per heavy atom. The molecule has 98 valence electrons. The Kier molecular flexibility index (Phi) is 4.74. The molecule has 3 nitrogen and oxygen atoms in total. The van der Waals surface area contributed by atoms with Gasteiger partial charge in [0.1, 0.15) is 0 Å². The monoisotopic (exact) mass is 255 g/mol. The number of rotatable bonds is 4. The lowest BCUT2D eigenvalue weighted by molar-refractivity contribution is 0.303. The molecule has 0 amide bonds. The molecule has 1 aliphatic carbocycles. The minimum Gasteiger partial charge on any atom is -0.359 e. The zero-order valence-corrected chi connectivity index (χ0v) is 12.0. The number of hydrogen-bond acceptors (Lipinski definition) is 3. The van der Waals surface area contributed by atoms with E-state index in [2.05, 4.69) is 29.3 Å². The third-order valence-corrected chi connectivity index (χ3v) is 4.89. The van der Waals surface area contributed by atoms with Crippen LogP contribution in [0.15, 0.2) is 4.99 Å². The number of hydrogen-bond donors (Lipinski definition) is 1. The summed E-state index contributed by atoms with van der Waals surface area (Å²) in [6.45, 7) is 2.09. The standard InChI is InChI=1S/C13H25N3S/c1-16(2)10-6-9-14-12-15-13(11-17-12)7-4-3-5-8-13/h3-11H2,1-2H3,(H,14,15). The fourth-order valence-corrected chi connectivity index (χ4v) is 3.90. The van der Waals surface area contributed by atoms with Crippen molar-refractivity contribution in [1.82, 2.24) is 10.2 Å². The van der Waals surface area contributed by atoms with Crippen molar-refractivity contribution in [3.63, 3.8) is 0 Å². The lowest BCUT2D eigenvalue weighted by Gasteiger charge is -2.32. The summed E-state index contributed by atoms with van der Waals surface area (Å²) in [4.78, 5) is 6.91. The van der Waals surface area contributed by atoms with Crippen molar-refractivity contribution in [2.45, 2.75) is 44.1 Å². The molecule has 2 fully saturated rings. The van der Waals surface area contributed by atoms with Gasteiger partial charge in [0.2, 0.25) is 0 Å². The fourth-order valence-electron chi connectivity index (χ4n) is 2.66. The first-order valence-corrected chi connectivity index (χ1v) is 7.79. The van der Waals surface area contributed by atoms with Gasteiger partial charge in [0.15, 0.2) is 5.17 Å². The average molecular weight is 255 g/mol. The number of amidine groups is 1. The molecule has 0 aromatic rings. The molecule has 1 aliphatic heterocycles. The van der Waals surface area contributed by atoms with Gasteiger partial charge < -0.3 is 10.2 Å². The fraction of sp³-hybridized carbons (Fsp3) is 0.923. The SMILES string of the molecule is CN(C)CCCN=C1NC2(CCCCC2)CS1. The molecule has 0 radical (unpaired) electrons. The Bertz CT molecular complexity index is 270. The molecule has 2 rings (SSSR count). The molecular weight excluding hydrogens is 230 g/mol. The highest BCUT2D eigenvalue weighted by molar-refractivity contribution is 8.14. The Balaban J connectivity index is 1.74. The van der Waals surface area contributed by atoms with Gasteiger partial charge in [-0.1, -0.05) is 31.0 Å². The molecule has 0 aromatic heterocycles. The van der Waals surface area contributed by atoms with E-state index in [-0.39, 0.29) is 0 Å². The van der Waals surface area contributed by atoms with E-state index in [1.165, 1.54) is 43.0 Å². The van der Waals surface area contributed by atoms with Gasteiger partial charge in [0, 0.05) is 17.8 Å². The maximum Gasteiger partial charge on any atom is 0.157 e. The average Bonchev–Trinajstić information content (AvgIpc) is 2.69. The van der Waals surface area contributed by atoms with Crippen LogP contribution >= 0.6 is 11.8 Å². The smallest absolute Gasteiger partial charge is 0.157 e. The molecule has 1 saturated carbocycles. The minimum absolute atomic E-state index is 0.406. The summed E-state index contributed by atoms with van der Waals surface area (Å²) in [5.74, 6) is 1.24. The minimum atomic E-state index is 0.406. The van der Waals surface area contributed by atoms with Crippen molar-refractivity contribution >= 4 is 16.9 Å². The highest BCUT2D eigenvalue weighted by atomic mass is 32.2. The predicted octanol–water partition coefficient (Wildman–Crippen LogP) is 2.33. The quantitative estimate of drug-likeness (QED) is 0.781. The van der Waals surface area contributed by atoms with Gasteiger partial charge in [-0.15, -0.1) is 0 Å². The number of nitrogens with zero attached hydrogens (tertiary/aromatic N) is 2. The van der Waals surface area contributed by atoms with Crippen molar-refractivity contribution < 1.29 is 0 Å². The van der Waals surface area contributed by atoms with Gasteiger partial charge in [-0.2, -0.15) is 0 Å². The van der Waals surface area contributed by atoms with Crippen LogP contribution in [0.2, 0.25) is 0 Å². The zero-order chi connectivity index (χ0) is 12.1. The van der Waals surface area contributed by atoms with Gasteiger partial charge in [0.25, 0.3) is 0 Å². The van der Waals surface area contributed by atoms with Crippen molar-refractivity contribution in [2.75, 3.05) is 32.9 Å². The molecule has 1 spiro atoms. The highest BCUT2D eigenvalue weighted by Crippen LogP contribution is 2.36. The molecule has 1 N–H and O–H groups in total. The van der Waals surface area contributed by atoms with Crippen molar-refractivity contribution in [1.29, 1.82) is 0 Å². The van der Waals surface area contributed by atoms with E-state index in [9.17, 15) is 0 Å². The van der Waals surface area contributed by atoms with Gasteiger partial charge in [0.05, 0.1) is 0 Å². The molecule has 4 heteroatoms. The normalized spacial score (nSPS) is 25.7. The van der Waals surface area contributed by atoms with Crippen LogP contribution in [0.5, 0.6) is 0 Å². The van der Waals surface area contributed by atoms with Gasteiger partial charge in [-0.25, -0.2) is 0 Å². The van der Waals surface area contributed by atoms with Gasteiger partial charge in [-0.3, -0.25) is 4.99 Å². The molecule has 0 aromatic carbocycles. The zero-order valence-electron chi connectivity index (χ0n) is 11.2. The van der Waals surface area contributed by atoms with Crippen LogP contribution in [0, 0.1) is 0 Å². The summed E-state index contributed by atoms with van der Waals surface area (Å²) >= 11 is 1.93. The van der Waals surface area contributed by atoms with Gasteiger partial charge >= 0.3 is 0 Å². The number of thioether (sulfide) groups is 1. The van der Waals surface area contributed by atoms with Crippen LogP contribution in [-0.4, -0.2) is 48.5 Å². The third kappa shape index (κ3) is 3.88. The Hall–Kier alpha value is -0.220. The van der Waals surface area contributed by atoms with E-state index in [0.717, 1.165) is 19.5 Å². The number of nitrogens with one attached hydrogen (secondary N) is 1. The van der Waals surface area contributed by atoms with Gasteiger partial charge in [-0.05, 0) is 39.9 Å². The lowest BCUT2D eigenvalue weighted by Crippen LogP contribution is -2.45. The van der Waals surface area contributed by atoms with E-state index >= 15 is 0 Å². The van der Waals surface area contributed by atoms with E-state index in [0.29, 0.717) is 5.54 Å². The summed E-state index contributed by atoms with van der Waals surface area (Å²) in [7, 11) is 4.24. The summed E-state index contributed by atoms with van der Waals surface area (Å²) in [5, 5.41) is 4.89. The second-order valence-corrected chi connectivity index (χ2v) is 6.56. The van der Waals surface area contributed by atoms with Crippen LogP contribution in [0.3, 0.4) is 0 Å². The first kappa shape index (κ1) is 13.2. The second kappa shape index (κ2) is 6.10. The molecule has 0 bridgehead atoms. The Labute approximate surface area is 109 Å². The topological polar surface area (TPSA) is 27.6 Å². The maximum absolute atomic E-state index is 4.69. The highest BCUT2D eigenvalue weighted by Gasteiger charge is 2.37. The first-order chi connectivity index (χ1) is 8.20. The lowest BCUT2D eigenvalue weighted by atomic mass is 9.83. The molecule has 1 heterocycles. The molecule has 17 heavy (non-hydrogen) atoms. The second-order valence-electron chi connectivity index (χ2n) is 5.60. The van der Waals surface area contributed by atoms with Crippen LogP contribution in [0.4, 0.5) is 0 Å². The van der Waals surface area contributed by atoms with Crippen LogP contribution in [-0.2, 0) is 0 Å². The van der Waals surface area contributed by atoms with E-state index in [4.69, 9.17) is 0 Å². The van der Waals surface area contributed by atoms with Crippen LogP contribution in [0.25, 0.3) is 0 Å². The molecule has 2 aliphatic rings. The Morgan fingerprint density at radius 1 is 1.29 bits per heavy atom. The van der Waals surface area contributed by atoms with E-state index < -0.39 is 0 Å². The maximum atomic E-state index is 4.69. The van der Waals surface area contributed by atoms with Crippen molar-refractivity contribution in [2.24, 2.45) is 4.99 Å². The summed E-state index contributed by atoms with van der Waals surface area (Å²) in [6, 6.07) is 0. The Morgan fingerprint density at radius 3 is 2.76 bits per heavy atom. The first-order valence-electron chi connectivity index (χ1n) is 6.80. The summed E-state index contributed by atoms with van der Waals surface area (Å²) in [5.41, 5.74) is 0.406. The predicted molar refractivity (Wildman–Crippen MR) is 76.9 cm³/mol. The van der Waals surface area contributed by atoms with E-state index in [1.54, 1.807) is 0 Å². The van der Waals surface area contributed by atoms with E-state index in [1.807, 2.05) is 11.8 Å². The molecule has 1 saturated heterocycles. The third-order valence-electron chi connectivity index (χ3n) is 3.69. The summed E-state index contributed by atoms with van der Waals surface area (Å²) in [6.07, 6.45) is 8.05. The van der Waals surface area contributed by atoms with Crippen LogP contribution < -0.4 is 5.32 Å².